The van der Waals surface area contributed by atoms with E-state index >= 15 is 0 Å². The summed E-state index contributed by atoms with van der Waals surface area (Å²) in [6.45, 7) is 0.642. The molecule has 0 amide bonds. The maximum atomic E-state index is 12.8. The third-order valence-corrected chi connectivity index (χ3v) is 4.61. The molecule has 0 aromatic heterocycles. The molecule has 0 saturated heterocycles. The van der Waals surface area contributed by atoms with Crippen molar-refractivity contribution in [2.75, 3.05) is 11.9 Å². The maximum Gasteiger partial charge on any atom is 0.138 e. The van der Waals surface area contributed by atoms with E-state index in [9.17, 15) is 4.39 Å². The van der Waals surface area contributed by atoms with Gasteiger partial charge in [0, 0.05) is 10.7 Å². The van der Waals surface area contributed by atoms with E-state index < -0.39 is 0 Å². The van der Waals surface area contributed by atoms with Gasteiger partial charge in [0.1, 0.15) is 11.6 Å². The van der Waals surface area contributed by atoms with Crippen LogP contribution >= 0.6 is 27.5 Å². The first-order valence-corrected chi connectivity index (χ1v) is 6.79. The lowest BCUT2D eigenvalue weighted by atomic mass is 9.71. The van der Waals surface area contributed by atoms with Crippen LogP contribution in [0.3, 0.4) is 0 Å². The van der Waals surface area contributed by atoms with Gasteiger partial charge in [0.25, 0.3) is 0 Å². The minimum atomic E-state index is -0.337. The van der Waals surface area contributed by atoms with E-state index in [0.29, 0.717) is 17.4 Å². The highest BCUT2D eigenvalue weighted by molar-refractivity contribution is 9.09. The fourth-order valence-corrected chi connectivity index (χ4v) is 2.76. The molecule has 2 rings (SSSR count). The lowest BCUT2D eigenvalue weighted by Gasteiger charge is -2.40. The summed E-state index contributed by atoms with van der Waals surface area (Å²) in [7, 11) is 0. The van der Waals surface area contributed by atoms with Crippen LogP contribution in [0.25, 0.3) is 0 Å². The Hall–Kier alpha value is -0.280. The monoisotopic (exact) mass is 306 g/mol. The summed E-state index contributed by atoms with van der Waals surface area (Å²) in [5, 5.41) is 1.28. The molecule has 0 spiro atoms. The smallest absolute Gasteiger partial charge is 0.138 e. The molecule has 0 bridgehead atoms. The van der Waals surface area contributed by atoms with Crippen LogP contribution in [0.1, 0.15) is 19.3 Å². The Morgan fingerprint density at radius 2 is 2.19 bits per heavy atom. The van der Waals surface area contributed by atoms with Gasteiger partial charge in [-0.1, -0.05) is 34.0 Å². The summed E-state index contributed by atoms with van der Waals surface area (Å²) >= 11 is 9.40. The van der Waals surface area contributed by atoms with E-state index in [1.165, 1.54) is 31.4 Å². The zero-order valence-electron chi connectivity index (χ0n) is 8.81. The first-order valence-electron chi connectivity index (χ1n) is 5.29. The molecule has 16 heavy (non-hydrogen) atoms. The number of rotatable bonds is 4. The highest BCUT2D eigenvalue weighted by Gasteiger charge is 2.36. The third-order valence-electron chi connectivity index (χ3n) is 3.13. The van der Waals surface area contributed by atoms with Crippen LogP contribution in [-0.2, 0) is 0 Å². The molecular weight excluding hydrogens is 294 g/mol. The van der Waals surface area contributed by atoms with Gasteiger partial charge in [-0.05, 0) is 31.0 Å². The van der Waals surface area contributed by atoms with Crippen LogP contribution in [-0.4, -0.2) is 11.9 Å². The molecule has 0 aliphatic heterocycles. The lowest BCUT2D eigenvalue weighted by Crippen LogP contribution is -2.37. The molecule has 0 unspecified atom stereocenters. The number of ether oxygens (including phenoxy) is 1. The highest BCUT2D eigenvalue weighted by atomic mass is 79.9. The molecule has 4 heteroatoms. The van der Waals surface area contributed by atoms with Crippen molar-refractivity contribution in [1.82, 2.24) is 0 Å². The Morgan fingerprint density at radius 3 is 2.69 bits per heavy atom. The van der Waals surface area contributed by atoms with E-state index in [-0.39, 0.29) is 11.2 Å². The van der Waals surface area contributed by atoms with Crippen LogP contribution in [0.4, 0.5) is 4.39 Å². The Labute approximate surface area is 108 Å². The van der Waals surface area contributed by atoms with Gasteiger partial charge in [-0.2, -0.15) is 0 Å². The number of alkyl halides is 1. The topological polar surface area (TPSA) is 9.23 Å². The summed E-state index contributed by atoms with van der Waals surface area (Å²) in [5.41, 5.74) is 0.248. The quantitative estimate of drug-likeness (QED) is 0.748. The van der Waals surface area contributed by atoms with Crippen molar-refractivity contribution in [3.05, 3.63) is 29.0 Å². The minimum absolute atomic E-state index is 0.248. The fraction of sp³-hybridized carbons (Fsp3) is 0.500. The second-order valence-corrected chi connectivity index (χ2v) is 5.32. The van der Waals surface area contributed by atoms with E-state index in [1.807, 2.05) is 0 Å². The first kappa shape index (κ1) is 12.2. The average molecular weight is 308 g/mol. The van der Waals surface area contributed by atoms with Crippen molar-refractivity contribution in [2.45, 2.75) is 19.3 Å². The molecule has 1 fully saturated rings. The van der Waals surface area contributed by atoms with Gasteiger partial charge >= 0.3 is 0 Å². The van der Waals surface area contributed by atoms with Crippen molar-refractivity contribution in [3.8, 4) is 5.75 Å². The lowest BCUT2D eigenvalue weighted by molar-refractivity contribution is 0.0838. The standard InChI is InChI=1S/C12H13BrClFO/c13-7-12(4-1-5-12)8-16-11-3-2-9(15)6-10(11)14/h2-3,6H,1,4-5,7-8H2. The zero-order chi connectivity index (χ0) is 11.6. The number of benzene rings is 1. The Balaban J connectivity index is 1.99. The van der Waals surface area contributed by atoms with E-state index in [0.717, 1.165) is 5.33 Å². The van der Waals surface area contributed by atoms with Gasteiger partial charge in [-0.25, -0.2) is 4.39 Å². The predicted octanol–water partition coefficient (Wildman–Crippen LogP) is 4.42. The van der Waals surface area contributed by atoms with Gasteiger partial charge in [-0.3, -0.25) is 0 Å². The SMILES string of the molecule is Fc1ccc(OCC2(CBr)CCC2)c(Cl)c1. The summed E-state index contributed by atoms with van der Waals surface area (Å²) in [4.78, 5) is 0. The van der Waals surface area contributed by atoms with Crippen LogP contribution in [0.15, 0.2) is 18.2 Å². The van der Waals surface area contributed by atoms with E-state index in [1.54, 1.807) is 6.07 Å². The van der Waals surface area contributed by atoms with Gasteiger partial charge in [0.2, 0.25) is 0 Å². The predicted molar refractivity (Wildman–Crippen MR) is 67.0 cm³/mol. The maximum absolute atomic E-state index is 12.8. The molecule has 1 aliphatic rings. The molecule has 0 atom stereocenters. The Bertz CT molecular complexity index is 374. The Kier molecular flexibility index (Phi) is 3.75. The number of halogens is 3. The van der Waals surface area contributed by atoms with E-state index in [4.69, 9.17) is 16.3 Å². The van der Waals surface area contributed by atoms with Crippen molar-refractivity contribution in [1.29, 1.82) is 0 Å². The zero-order valence-corrected chi connectivity index (χ0v) is 11.2. The molecule has 88 valence electrons. The average Bonchev–Trinajstić information content (AvgIpc) is 2.19. The van der Waals surface area contributed by atoms with Crippen molar-refractivity contribution in [2.24, 2.45) is 5.41 Å². The van der Waals surface area contributed by atoms with Gasteiger partial charge in [0.15, 0.2) is 0 Å². The van der Waals surface area contributed by atoms with Crippen LogP contribution in [0, 0.1) is 11.2 Å². The summed E-state index contributed by atoms with van der Waals surface area (Å²) < 4.78 is 18.5. The Morgan fingerprint density at radius 1 is 1.44 bits per heavy atom. The van der Waals surface area contributed by atoms with Gasteiger partial charge < -0.3 is 4.74 Å². The molecule has 1 aliphatic carbocycles. The fourth-order valence-electron chi connectivity index (χ4n) is 1.82. The van der Waals surface area contributed by atoms with Crippen molar-refractivity contribution in [3.63, 3.8) is 0 Å². The first-order chi connectivity index (χ1) is 7.65. The summed E-state index contributed by atoms with van der Waals surface area (Å²) in [5.74, 6) is 0.228. The van der Waals surface area contributed by atoms with Crippen LogP contribution in [0.5, 0.6) is 5.75 Å². The summed E-state index contributed by atoms with van der Waals surface area (Å²) in [6.07, 6.45) is 3.61. The molecule has 1 aromatic rings. The normalized spacial score (nSPS) is 17.9. The molecule has 0 N–H and O–H groups in total. The second kappa shape index (κ2) is 4.92. The number of hydrogen-bond acceptors (Lipinski definition) is 1. The largest absolute Gasteiger partial charge is 0.491 e. The van der Waals surface area contributed by atoms with Crippen LogP contribution < -0.4 is 4.74 Å². The van der Waals surface area contributed by atoms with Crippen molar-refractivity contribution < 1.29 is 9.13 Å². The molecule has 0 heterocycles. The molecule has 1 nitrogen and oxygen atoms in total. The second-order valence-electron chi connectivity index (χ2n) is 4.35. The van der Waals surface area contributed by atoms with Crippen LogP contribution in [0.2, 0.25) is 5.02 Å². The third kappa shape index (κ3) is 2.51. The molecule has 0 radical (unpaired) electrons. The highest BCUT2D eigenvalue weighted by Crippen LogP contribution is 2.43. The minimum Gasteiger partial charge on any atom is -0.491 e. The van der Waals surface area contributed by atoms with E-state index in [2.05, 4.69) is 15.9 Å². The van der Waals surface area contributed by atoms with Gasteiger partial charge in [-0.15, -0.1) is 0 Å². The molecule has 1 aromatic carbocycles. The number of hydrogen-bond donors (Lipinski definition) is 0. The van der Waals surface area contributed by atoms with Gasteiger partial charge in [0.05, 0.1) is 11.6 Å². The summed E-state index contributed by atoms with van der Waals surface area (Å²) in [6, 6.07) is 4.22. The molecule has 1 saturated carbocycles. The van der Waals surface area contributed by atoms with Crippen molar-refractivity contribution >= 4 is 27.5 Å². The molecular formula is C12H13BrClFO.